The average molecular weight is 636 g/mol. The molecule has 3 heterocycles. The Kier molecular flexibility index (Phi) is 9.08. The van der Waals surface area contributed by atoms with Gasteiger partial charge in [0, 0.05) is 49.5 Å². The van der Waals surface area contributed by atoms with Gasteiger partial charge in [-0.2, -0.15) is 0 Å². The number of carbonyl (C=O) groups excluding carboxylic acids is 1. The minimum absolute atomic E-state index is 0.115. The summed E-state index contributed by atoms with van der Waals surface area (Å²) in [5.74, 6) is 0.417. The van der Waals surface area contributed by atoms with Crippen LogP contribution in [0.1, 0.15) is 21.5 Å². The number of carbonyl (C=O) groups is 1. The highest BCUT2D eigenvalue weighted by atomic mass is 35.5. The van der Waals surface area contributed by atoms with Gasteiger partial charge in [0.25, 0.3) is 5.91 Å². The zero-order valence-corrected chi connectivity index (χ0v) is 25.8. The first-order valence-electron chi connectivity index (χ1n) is 12.9. The number of anilines is 4. The van der Waals surface area contributed by atoms with Crippen LogP contribution in [0.4, 0.5) is 22.9 Å². The van der Waals surface area contributed by atoms with Gasteiger partial charge >= 0.3 is 0 Å². The zero-order valence-electron chi connectivity index (χ0n) is 22.7. The number of aryl methyl sites for hydroxylation is 1. The Balaban J connectivity index is 1.36. The van der Waals surface area contributed by atoms with Crippen molar-refractivity contribution in [2.75, 3.05) is 62.0 Å². The molecule has 41 heavy (non-hydrogen) atoms. The van der Waals surface area contributed by atoms with E-state index in [1.54, 1.807) is 12.3 Å². The molecule has 1 amide bonds. The maximum Gasteiger partial charge on any atom is 0.258 e. The predicted octanol–water partition coefficient (Wildman–Crippen LogP) is 6.39. The molecule has 1 saturated heterocycles. The molecule has 3 N–H and O–H groups in total. The molecule has 4 aromatic rings. The Morgan fingerprint density at radius 1 is 1.10 bits per heavy atom. The number of nitrogens with one attached hydrogen (secondary N) is 2. The topological polar surface area (TPSA) is 103 Å². The van der Waals surface area contributed by atoms with Crippen molar-refractivity contribution in [3.63, 3.8) is 0 Å². The number of benzene rings is 2. The largest absolute Gasteiger partial charge is 0.494 e. The summed E-state index contributed by atoms with van der Waals surface area (Å²) in [6.07, 6.45) is 1.43. The highest BCUT2D eigenvalue weighted by molar-refractivity contribution is 7.18. The van der Waals surface area contributed by atoms with E-state index in [-0.39, 0.29) is 33.1 Å². The second-order valence-corrected chi connectivity index (χ2v) is 11.7. The van der Waals surface area contributed by atoms with Gasteiger partial charge in [-0.15, -0.1) is 11.3 Å². The molecule has 0 atom stereocenters. The second-order valence-electron chi connectivity index (χ2n) is 9.66. The molecule has 0 bridgehead atoms. The van der Waals surface area contributed by atoms with E-state index >= 15 is 0 Å². The first-order chi connectivity index (χ1) is 19.7. The number of thiophene rings is 1. The average Bonchev–Trinajstić information content (AvgIpc) is 3.41. The number of ether oxygens (including phenoxy) is 1. The van der Waals surface area contributed by atoms with E-state index in [2.05, 4.69) is 49.5 Å². The number of methoxy groups -OCH3 is 1. The number of β-amino-alcohol motifs (C(OH)–C–C–N with tert-alkyl or cyclic N) is 1. The smallest absolute Gasteiger partial charge is 0.258 e. The Morgan fingerprint density at radius 2 is 1.85 bits per heavy atom. The number of amides is 1. The molecular formula is C28H29Cl3N6O3S. The number of aromatic nitrogens is 2. The summed E-state index contributed by atoms with van der Waals surface area (Å²) in [6.45, 7) is 8.35. The van der Waals surface area contributed by atoms with Crippen LogP contribution in [0.15, 0.2) is 29.9 Å². The van der Waals surface area contributed by atoms with Crippen LogP contribution in [-0.2, 0) is 0 Å². The van der Waals surface area contributed by atoms with Crippen molar-refractivity contribution in [1.82, 2.24) is 14.9 Å². The molecule has 0 spiro atoms. The predicted molar refractivity (Wildman–Crippen MR) is 168 cm³/mol. The summed E-state index contributed by atoms with van der Waals surface area (Å²) in [6, 6.07) is 6.30. The lowest BCUT2D eigenvalue weighted by atomic mass is 10.1. The SMILES string of the molecule is COc1c(Cl)c(C)c(Cl)c(NC(=O)c2csc3c(Nc4ccc(N5CCN(CCO)CC5)cc4C)ncnc23)c1Cl. The van der Waals surface area contributed by atoms with Gasteiger partial charge in [0.15, 0.2) is 11.6 Å². The third-order valence-electron chi connectivity index (χ3n) is 7.15. The summed E-state index contributed by atoms with van der Waals surface area (Å²) in [7, 11) is 1.44. The fourth-order valence-electron chi connectivity index (χ4n) is 4.81. The monoisotopic (exact) mass is 634 g/mol. The number of rotatable bonds is 8. The molecule has 0 aliphatic carbocycles. The van der Waals surface area contributed by atoms with Crippen LogP contribution in [0.25, 0.3) is 10.2 Å². The van der Waals surface area contributed by atoms with E-state index in [1.807, 2.05) is 6.07 Å². The van der Waals surface area contributed by atoms with E-state index in [0.717, 1.165) is 47.8 Å². The van der Waals surface area contributed by atoms with Gasteiger partial charge in [-0.1, -0.05) is 34.8 Å². The van der Waals surface area contributed by atoms with Gasteiger partial charge in [-0.3, -0.25) is 9.69 Å². The third-order valence-corrected chi connectivity index (χ3v) is 9.42. The molecule has 1 aliphatic rings. The van der Waals surface area contributed by atoms with Crippen LogP contribution in [0.5, 0.6) is 5.75 Å². The zero-order chi connectivity index (χ0) is 29.3. The Morgan fingerprint density at radius 3 is 2.54 bits per heavy atom. The van der Waals surface area contributed by atoms with E-state index in [1.165, 1.54) is 24.8 Å². The molecule has 5 rings (SSSR count). The number of piperazine rings is 1. The van der Waals surface area contributed by atoms with E-state index < -0.39 is 5.91 Å². The first-order valence-corrected chi connectivity index (χ1v) is 14.9. The van der Waals surface area contributed by atoms with E-state index in [0.29, 0.717) is 29.0 Å². The number of fused-ring (bicyclic) bond motifs is 1. The van der Waals surface area contributed by atoms with Crippen molar-refractivity contribution in [3.05, 3.63) is 61.7 Å². The molecule has 0 radical (unpaired) electrons. The normalized spacial score (nSPS) is 14.0. The molecular weight excluding hydrogens is 607 g/mol. The Bertz CT molecular complexity index is 1610. The quantitative estimate of drug-likeness (QED) is 0.205. The highest BCUT2D eigenvalue weighted by Crippen LogP contribution is 2.46. The lowest BCUT2D eigenvalue weighted by molar-refractivity contribution is 0.102. The second kappa shape index (κ2) is 12.6. The number of halogens is 3. The number of aliphatic hydroxyl groups excluding tert-OH is 1. The molecule has 2 aromatic carbocycles. The van der Waals surface area contributed by atoms with Crippen molar-refractivity contribution in [1.29, 1.82) is 0 Å². The van der Waals surface area contributed by atoms with E-state index in [9.17, 15) is 9.90 Å². The van der Waals surface area contributed by atoms with Crippen LogP contribution in [0.3, 0.4) is 0 Å². The maximum atomic E-state index is 13.4. The van der Waals surface area contributed by atoms with Gasteiger partial charge in [-0.25, -0.2) is 9.97 Å². The lowest BCUT2D eigenvalue weighted by Gasteiger charge is -2.36. The standard InChI is InChI=1S/C28H29Cl3N6O3S/c1-15-12-17(37-8-6-36(7-9-37)10-11-38)4-5-19(15)34-27-26-23(32-14-33-27)18(13-41-26)28(39)35-24-20(29)16(2)21(30)25(40-3)22(24)31/h4-5,12-14,38H,6-11H2,1-3H3,(H,35,39)(H,32,33,34). The van der Waals surface area contributed by atoms with Gasteiger partial charge in [-0.05, 0) is 43.2 Å². The molecule has 0 saturated carbocycles. The van der Waals surface area contributed by atoms with E-state index in [4.69, 9.17) is 39.5 Å². The minimum atomic E-state index is -0.423. The fourth-order valence-corrected chi connectivity index (χ4v) is 6.72. The summed E-state index contributed by atoms with van der Waals surface area (Å²) >= 11 is 20.6. The molecule has 1 aliphatic heterocycles. The number of hydrogen-bond donors (Lipinski definition) is 3. The van der Waals surface area contributed by atoms with Gasteiger partial charge in [0.2, 0.25) is 0 Å². The molecule has 13 heteroatoms. The molecule has 2 aromatic heterocycles. The van der Waals surface area contributed by atoms with Crippen LogP contribution >= 0.6 is 46.1 Å². The summed E-state index contributed by atoms with van der Waals surface area (Å²) in [4.78, 5) is 26.8. The van der Waals surface area contributed by atoms with Crippen molar-refractivity contribution >= 4 is 85.1 Å². The van der Waals surface area contributed by atoms with Crippen molar-refractivity contribution in [2.24, 2.45) is 0 Å². The van der Waals surface area contributed by atoms with Gasteiger partial charge in [0.05, 0.1) is 45.2 Å². The first kappa shape index (κ1) is 29.6. The van der Waals surface area contributed by atoms with Crippen molar-refractivity contribution in [3.8, 4) is 5.75 Å². The molecule has 216 valence electrons. The van der Waals surface area contributed by atoms with Crippen molar-refractivity contribution in [2.45, 2.75) is 13.8 Å². The summed E-state index contributed by atoms with van der Waals surface area (Å²) in [5.41, 5.74) is 4.76. The Labute approximate surface area is 257 Å². The summed E-state index contributed by atoms with van der Waals surface area (Å²) in [5, 5.41) is 17.8. The van der Waals surface area contributed by atoms with Gasteiger partial charge < -0.3 is 25.4 Å². The number of hydrogen-bond acceptors (Lipinski definition) is 9. The number of aliphatic hydroxyl groups is 1. The highest BCUT2D eigenvalue weighted by Gasteiger charge is 2.24. The minimum Gasteiger partial charge on any atom is -0.494 e. The fraction of sp³-hybridized carbons (Fsp3) is 0.321. The van der Waals surface area contributed by atoms with Crippen molar-refractivity contribution < 1.29 is 14.6 Å². The number of nitrogens with zero attached hydrogens (tertiary/aromatic N) is 4. The molecule has 9 nitrogen and oxygen atoms in total. The molecule has 1 fully saturated rings. The third kappa shape index (κ3) is 5.90. The van der Waals surface area contributed by atoms with Crippen LogP contribution in [-0.4, -0.2) is 72.3 Å². The molecule has 0 unspecified atom stereocenters. The maximum absolute atomic E-state index is 13.4. The van der Waals surface area contributed by atoms with Crippen LogP contribution in [0.2, 0.25) is 15.1 Å². The van der Waals surface area contributed by atoms with Crippen LogP contribution < -0.4 is 20.3 Å². The van der Waals surface area contributed by atoms with Crippen LogP contribution in [0, 0.1) is 13.8 Å². The summed E-state index contributed by atoms with van der Waals surface area (Å²) < 4.78 is 6.06. The lowest BCUT2D eigenvalue weighted by Crippen LogP contribution is -2.47. The van der Waals surface area contributed by atoms with Gasteiger partial charge in [0.1, 0.15) is 11.3 Å². The Hall–Kier alpha value is -2.86.